The van der Waals surface area contributed by atoms with Crippen LogP contribution in [0.4, 0.5) is 0 Å². The quantitative estimate of drug-likeness (QED) is 0.330. The average molecular weight is 162 g/mol. The molecule has 4 nitrogen and oxygen atoms in total. The molecule has 0 aromatic rings. The molecule has 0 atom stereocenters. The zero-order valence-corrected chi connectivity index (χ0v) is 6.59. The van der Waals surface area contributed by atoms with Crippen LogP contribution >= 0.6 is 0 Å². The van der Waals surface area contributed by atoms with Crippen LogP contribution in [0.1, 0.15) is 0 Å². The third-order valence-electron chi connectivity index (χ3n) is 0. The van der Waals surface area contributed by atoms with E-state index < -0.39 is 9.05 Å². The standard InChI is InChI=1S/Fe.2Li.O4Si/c;;;1-5(2,3)4/q+2;2*+1;-4. The van der Waals surface area contributed by atoms with E-state index in [0.717, 1.165) is 0 Å². The molecule has 8 heavy (non-hydrogen) atoms. The SMILES string of the molecule is [Fe+2].[Li+].[Li+].[O-][Si]([O-])([O-])[O-]. The summed E-state index contributed by atoms with van der Waals surface area (Å²) in [7, 11) is -5.61. The van der Waals surface area contributed by atoms with E-state index in [0.29, 0.717) is 0 Å². The number of hydrogen-bond acceptors (Lipinski definition) is 4. The van der Waals surface area contributed by atoms with Gasteiger partial charge in [0.05, 0.1) is 0 Å². The first-order valence-electron chi connectivity index (χ1n) is 0.816. The Kier molecular flexibility index (Phi) is 24.7. The van der Waals surface area contributed by atoms with Gasteiger partial charge in [0.2, 0.25) is 0 Å². The van der Waals surface area contributed by atoms with Crippen LogP contribution < -0.4 is 56.9 Å². The normalized spacial score (nSPS) is 7.50. The van der Waals surface area contributed by atoms with Gasteiger partial charge in [-0.15, -0.1) is 0 Å². The summed E-state index contributed by atoms with van der Waals surface area (Å²) in [4.78, 5) is 34.3. The molecule has 0 heterocycles. The van der Waals surface area contributed by atoms with Crippen LogP contribution in [0.5, 0.6) is 0 Å². The summed E-state index contributed by atoms with van der Waals surface area (Å²) < 4.78 is 0. The van der Waals surface area contributed by atoms with Crippen molar-refractivity contribution in [3.8, 4) is 0 Å². The first kappa shape index (κ1) is 22.6. The molecule has 0 spiro atoms. The Hall–Kier alpha value is 1.77. The van der Waals surface area contributed by atoms with E-state index in [4.69, 9.17) is 19.2 Å². The molecule has 0 N–H and O–H groups in total. The minimum Gasteiger partial charge on any atom is -0.894 e. The first-order chi connectivity index (χ1) is 2.00. The number of rotatable bonds is 0. The second kappa shape index (κ2) is 8.77. The van der Waals surface area contributed by atoms with Gasteiger partial charge in [0, 0.05) is 0 Å². The monoisotopic (exact) mass is 162 g/mol. The molecular formula is FeLi2O4Si. The fourth-order valence-electron chi connectivity index (χ4n) is 0. The zero-order valence-electron chi connectivity index (χ0n) is 4.49. The van der Waals surface area contributed by atoms with Crippen molar-refractivity contribution in [2.45, 2.75) is 0 Å². The van der Waals surface area contributed by atoms with Gasteiger partial charge in [-0.05, 0) is 0 Å². The van der Waals surface area contributed by atoms with Crippen molar-refractivity contribution in [2.75, 3.05) is 0 Å². The minimum atomic E-state index is -5.61. The molecule has 0 aliphatic heterocycles. The summed E-state index contributed by atoms with van der Waals surface area (Å²) >= 11 is 0. The summed E-state index contributed by atoms with van der Waals surface area (Å²) in [6.07, 6.45) is 0. The van der Waals surface area contributed by atoms with E-state index in [-0.39, 0.29) is 54.8 Å². The molecule has 0 fully saturated rings. The molecule has 38 valence electrons. The van der Waals surface area contributed by atoms with Gasteiger partial charge in [0.1, 0.15) is 0 Å². The molecule has 0 radical (unpaired) electrons. The van der Waals surface area contributed by atoms with Gasteiger partial charge in [-0.1, -0.05) is 0 Å². The largest absolute Gasteiger partial charge is 2.00 e. The smallest absolute Gasteiger partial charge is 0.894 e. The van der Waals surface area contributed by atoms with Crippen LogP contribution in [-0.2, 0) is 17.1 Å². The van der Waals surface area contributed by atoms with E-state index >= 15 is 0 Å². The molecule has 0 amide bonds. The summed E-state index contributed by atoms with van der Waals surface area (Å²) in [6, 6.07) is 0. The fraction of sp³-hybridized carbons (Fsp3) is 0. The van der Waals surface area contributed by atoms with Gasteiger partial charge >= 0.3 is 54.8 Å². The van der Waals surface area contributed by atoms with Crippen LogP contribution in [0.2, 0.25) is 0 Å². The van der Waals surface area contributed by atoms with Gasteiger partial charge in [0.25, 0.3) is 0 Å². The summed E-state index contributed by atoms with van der Waals surface area (Å²) in [5.41, 5.74) is 0. The maximum Gasteiger partial charge on any atom is 2.00 e. The van der Waals surface area contributed by atoms with Crippen LogP contribution in [0.25, 0.3) is 0 Å². The molecule has 0 rings (SSSR count). The molecule has 0 saturated carbocycles. The average Bonchev–Trinajstić information content (AvgIpc) is 0.722. The summed E-state index contributed by atoms with van der Waals surface area (Å²) in [5.74, 6) is 0. The predicted octanol–water partition coefficient (Wildman–Crippen LogP) is -11.1. The maximum atomic E-state index is 8.58. The second-order valence-corrected chi connectivity index (χ2v) is 1.50. The molecule has 0 saturated heterocycles. The Morgan fingerprint density at radius 3 is 0.750 bits per heavy atom. The van der Waals surface area contributed by atoms with E-state index in [1.807, 2.05) is 0 Å². The summed E-state index contributed by atoms with van der Waals surface area (Å²) in [6.45, 7) is 0. The maximum absolute atomic E-state index is 8.58. The third kappa shape index (κ3) is 114. The van der Waals surface area contributed by atoms with Gasteiger partial charge in [-0.2, -0.15) is 0 Å². The van der Waals surface area contributed by atoms with Crippen molar-refractivity contribution >= 4 is 9.05 Å². The minimum absolute atomic E-state index is 0. The van der Waals surface area contributed by atoms with Crippen LogP contribution in [-0.4, -0.2) is 9.05 Å². The van der Waals surface area contributed by atoms with E-state index in [2.05, 4.69) is 0 Å². The van der Waals surface area contributed by atoms with Gasteiger partial charge in [-0.25, -0.2) is 0 Å². The van der Waals surface area contributed by atoms with Crippen molar-refractivity contribution in [3.63, 3.8) is 0 Å². The van der Waals surface area contributed by atoms with Crippen molar-refractivity contribution in [1.82, 2.24) is 0 Å². The van der Waals surface area contributed by atoms with Crippen molar-refractivity contribution in [2.24, 2.45) is 0 Å². The molecule has 0 aromatic heterocycles. The van der Waals surface area contributed by atoms with Crippen molar-refractivity contribution in [3.05, 3.63) is 0 Å². The molecule has 8 heteroatoms. The van der Waals surface area contributed by atoms with Gasteiger partial charge < -0.3 is 28.2 Å². The molecule has 0 bridgehead atoms. The van der Waals surface area contributed by atoms with Crippen molar-refractivity contribution in [1.29, 1.82) is 0 Å². The van der Waals surface area contributed by atoms with E-state index in [1.165, 1.54) is 0 Å². The Bertz CT molecular complexity index is 29.5. The Morgan fingerprint density at radius 1 is 0.750 bits per heavy atom. The second-order valence-electron chi connectivity index (χ2n) is 0.500. The Balaban J connectivity index is -0.0000000267. The predicted molar refractivity (Wildman–Crippen MR) is 5.75 cm³/mol. The van der Waals surface area contributed by atoms with Gasteiger partial charge in [0.15, 0.2) is 0 Å². The number of hydrogen-bond donors (Lipinski definition) is 0. The molecule has 0 unspecified atom stereocenters. The van der Waals surface area contributed by atoms with Crippen LogP contribution in [0, 0.1) is 0 Å². The molecule has 0 aliphatic carbocycles. The Morgan fingerprint density at radius 2 is 0.750 bits per heavy atom. The molecule has 0 aromatic carbocycles. The molecule has 0 aliphatic rings. The van der Waals surface area contributed by atoms with Crippen molar-refractivity contribution < 1.29 is 74.0 Å². The fourth-order valence-corrected chi connectivity index (χ4v) is 0. The third-order valence-corrected chi connectivity index (χ3v) is 0. The van der Waals surface area contributed by atoms with Crippen LogP contribution in [0.15, 0.2) is 0 Å². The topological polar surface area (TPSA) is 92.2 Å². The van der Waals surface area contributed by atoms with E-state index in [9.17, 15) is 0 Å². The van der Waals surface area contributed by atoms with Crippen LogP contribution in [0.3, 0.4) is 0 Å². The first-order valence-corrected chi connectivity index (χ1v) is 2.45. The summed E-state index contributed by atoms with van der Waals surface area (Å²) in [5, 5.41) is 0. The van der Waals surface area contributed by atoms with E-state index in [1.54, 1.807) is 0 Å². The molecular weight excluding hydrogens is 162 g/mol. The Labute approximate surface area is 82.6 Å². The zero-order chi connectivity index (χ0) is 4.50. The van der Waals surface area contributed by atoms with Gasteiger partial charge in [-0.3, -0.25) is 0 Å².